The first-order valence-corrected chi connectivity index (χ1v) is 26.3. The number of H-pyrrole nitrogens is 1. The Morgan fingerprint density at radius 1 is 0.939 bits per heavy atom. The van der Waals surface area contributed by atoms with E-state index in [-0.39, 0.29) is 53.8 Å². The third kappa shape index (κ3) is 12.7. The summed E-state index contributed by atoms with van der Waals surface area (Å²) in [5, 5.41) is 44.5. The van der Waals surface area contributed by atoms with Gasteiger partial charge >= 0.3 is 0 Å². The number of phenols is 2. The number of hydrogen-bond donors (Lipinski definition) is 7. The van der Waals surface area contributed by atoms with Gasteiger partial charge in [0, 0.05) is 65.3 Å². The molecule has 1 fully saturated rings. The number of aliphatic hydroxyl groups is 2. The second-order valence-electron chi connectivity index (χ2n) is 18.9. The Morgan fingerprint density at radius 2 is 1.74 bits per heavy atom. The fraction of sp³-hybridized carbons (Fsp3) is 0.481. The first kappa shape index (κ1) is 49.4. The third-order valence-corrected chi connectivity index (χ3v) is 16.3. The molecule has 4 aromatic rings. The van der Waals surface area contributed by atoms with Crippen molar-refractivity contribution in [3.05, 3.63) is 123 Å². The molecule has 3 aromatic carbocycles. The highest BCUT2D eigenvalue weighted by Crippen LogP contribution is 2.50. The average molecular weight is 934 g/mol. The molecule has 0 saturated heterocycles. The number of aromatic hydroxyl groups is 2. The summed E-state index contributed by atoms with van der Waals surface area (Å²) in [5.41, 5.74) is 19.4. The van der Waals surface area contributed by atoms with Crippen LogP contribution < -0.4 is 16.2 Å². The standard InChI is InChI=1S/C54H67N3O7S2/c1-3-4-5-7-35(24-34(2)58)16-20-54-21-17-41(59)13-10-36-12-15-49(61)52(26-36)64-23-19-37-11-14-48(60)46(25-37)45-29-50(62)42-18-22-57-47(42)9-6-8-38-27-44(53(55)56)39(28-43(38)45)32-65-66-33-40(30-54)51(63)31-54/h11-12,14-15,17-18,21-22,25-28,34-35,40,45,51,53,57-58,60-61,63H,3-5,7,9-10,13,16,19-20,23-24,29-33,55-56H2,1-2H3. The minimum Gasteiger partial charge on any atom is -0.508 e. The third-order valence-electron chi connectivity index (χ3n) is 13.8. The zero-order chi connectivity index (χ0) is 46.8. The van der Waals surface area contributed by atoms with Gasteiger partial charge < -0.3 is 41.6 Å². The second-order valence-corrected chi connectivity index (χ2v) is 21.4. The highest BCUT2D eigenvalue weighted by Gasteiger charge is 2.43. The van der Waals surface area contributed by atoms with Gasteiger partial charge in [-0.2, -0.15) is 0 Å². The van der Waals surface area contributed by atoms with E-state index < -0.39 is 24.3 Å². The molecule has 7 rings (SSSR count). The van der Waals surface area contributed by atoms with E-state index in [2.05, 4.69) is 35.9 Å². The number of ketones is 2. The zero-order valence-corrected chi connectivity index (χ0v) is 40.0. The maximum Gasteiger partial charge on any atom is 0.165 e. The molecule has 9 N–H and O–H groups in total. The largest absolute Gasteiger partial charge is 0.508 e. The van der Waals surface area contributed by atoms with Gasteiger partial charge in [0.15, 0.2) is 23.1 Å². The SMILES string of the molecule is CCCCCC(CCC12C=CC(=O)CCc3ccc(O)c(c3)OCCc3ccc(O)c(c3)C3CC(=O)c4cc[nH]c4CC#Cc4cc(C(N)N)c(cc43)CSSCC(C1)C(O)C2)CC(C)O. The Morgan fingerprint density at radius 3 is 2.53 bits per heavy atom. The quantitative estimate of drug-likeness (QED) is 0.0347. The number of aryl methyl sites for hydroxylation is 1. The summed E-state index contributed by atoms with van der Waals surface area (Å²) < 4.78 is 6.15. The smallest absolute Gasteiger partial charge is 0.165 e. The number of Topliss-reactive ketones (excluding diaryl/α,β-unsaturated/α-hetero) is 1. The highest BCUT2D eigenvalue weighted by molar-refractivity contribution is 8.76. The van der Waals surface area contributed by atoms with Gasteiger partial charge in [0.2, 0.25) is 0 Å². The molecule has 0 radical (unpaired) electrons. The van der Waals surface area contributed by atoms with Crippen molar-refractivity contribution >= 4 is 33.2 Å². The van der Waals surface area contributed by atoms with E-state index in [1.807, 2.05) is 31.2 Å². The van der Waals surface area contributed by atoms with Crippen LogP contribution in [0.25, 0.3) is 0 Å². The molecule has 1 saturated carbocycles. The molecule has 1 aromatic heterocycles. The van der Waals surface area contributed by atoms with E-state index in [0.29, 0.717) is 65.5 Å². The molecule has 12 heteroatoms. The van der Waals surface area contributed by atoms with E-state index in [1.54, 1.807) is 58.1 Å². The number of aromatic amines is 1. The fourth-order valence-corrected chi connectivity index (χ4v) is 12.7. The van der Waals surface area contributed by atoms with Crippen LogP contribution in [0.5, 0.6) is 17.2 Å². The Hall–Kier alpha value is -4.48. The zero-order valence-electron chi connectivity index (χ0n) is 38.4. The van der Waals surface area contributed by atoms with Gasteiger partial charge in [-0.3, -0.25) is 9.59 Å². The summed E-state index contributed by atoms with van der Waals surface area (Å²) in [7, 11) is 3.37. The lowest BCUT2D eigenvalue weighted by molar-refractivity contribution is -0.114. The number of ether oxygens (including phenoxy) is 1. The van der Waals surface area contributed by atoms with Gasteiger partial charge in [0.1, 0.15) is 5.75 Å². The minimum atomic E-state index is -0.789. The predicted molar refractivity (Wildman–Crippen MR) is 266 cm³/mol. The Kier molecular flexibility index (Phi) is 17.2. The Labute approximate surface area is 398 Å². The molecule has 8 bridgehead atoms. The molecular formula is C54H67N3O7S2. The van der Waals surface area contributed by atoms with Crippen LogP contribution in [0.1, 0.15) is 152 Å². The topological polar surface area (TPSA) is 192 Å². The van der Waals surface area contributed by atoms with Crippen molar-refractivity contribution in [3.8, 4) is 29.1 Å². The maximum absolute atomic E-state index is 14.2. The van der Waals surface area contributed by atoms with Gasteiger partial charge in [-0.1, -0.05) is 96.4 Å². The van der Waals surface area contributed by atoms with Crippen molar-refractivity contribution in [1.29, 1.82) is 0 Å². The van der Waals surface area contributed by atoms with E-state index in [9.17, 15) is 30.0 Å². The van der Waals surface area contributed by atoms with Crippen LogP contribution in [0, 0.1) is 29.1 Å². The van der Waals surface area contributed by atoms with Crippen LogP contribution in [0.2, 0.25) is 0 Å². The second kappa shape index (κ2) is 23.0. The van der Waals surface area contributed by atoms with Gasteiger partial charge in [0.05, 0.1) is 31.4 Å². The number of aliphatic hydroxyl groups excluding tert-OH is 2. The first-order valence-electron chi connectivity index (χ1n) is 23.8. The van der Waals surface area contributed by atoms with Crippen molar-refractivity contribution in [2.24, 2.45) is 28.7 Å². The molecule has 0 amide bonds. The molecule has 0 spiro atoms. The molecule has 2 heterocycles. The summed E-state index contributed by atoms with van der Waals surface area (Å²) in [6.45, 7) is 4.29. The van der Waals surface area contributed by atoms with Gasteiger partial charge in [0.25, 0.3) is 0 Å². The number of hydrogen-bond acceptors (Lipinski definition) is 11. The molecule has 10 nitrogen and oxygen atoms in total. The van der Waals surface area contributed by atoms with Crippen molar-refractivity contribution in [3.63, 3.8) is 0 Å². The number of nitrogens with one attached hydrogen (secondary N) is 1. The molecule has 1 aliphatic heterocycles. The normalized spacial score (nSPS) is 22.6. The molecule has 6 atom stereocenters. The first-order chi connectivity index (χ1) is 31.8. The molecule has 66 heavy (non-hydrogen) atoms. The van der Waals surface area contributed by atoms with Crippen molar-refractivity contribution in [2.75, 3.05) is 12.4 Å². The van der Waals surface area contributed by atoms with E-state index in [1.165, 1.54) is 0 Å². The monoisotopic (exact) mass is 933 g/mol. The highest BCUT2D eigenvalue weighted by atomic mass is 33.1. The van der Waals surface area contributed by atoms with Gasteiger partial charge in [-0.15, -0.1) is 0 Å². The number of carbonyl (C=O) groups excluding carboxylic acids is 2. The molecule has 2 aliphatic carbocycles. The number of allylic oxidation sites excluding steroid dienone is 2. The fourth-order valence-electron chi connectivity index (χ4n) is 10.2. The van der Waals surface area contributed by atoms with Crippen molar-refractivity contribution < 1.29 is 34.8 Å². The lowest BCUT2D eigenvalue weighted by atomic mass is 9.76. The predicted octanol–water partition coefficient (Wildman–Crippen LogP) is 9.73. The summed E-state index contributed by atoms with van der Waals surface area (Å²) in [6, 6.07) is 16.4. The number of rotatable bonds is 10. The number of benzene rings is 3. The van der Waals surface area contributed by atoms with Crippen LogP contribution in [0.15, 0.2) is 72.9 Å². The lowest BCUT2D eigenvalue weighted by Crippen LogP contribution is -2.22. The summed E-state index contributed by atoms with van der Waals surface area (Å²) >= 11 is 0. The van der Waals surface area contributed by atoms with E-state index in [4.69, 9.17) is 16.2 Å². The van der Waals surface area contributed by atoms with Crippen molar-refractivity contribution in [2.45, 2.75) is 134 Å². The van der Waals surface area contributed by atoms with Crippen LogP contribution in [-0.2, 0) is 29.8 Å². The molecule has 352 valence electrons. The van der Waals surface area contributed by atoms with Crippen LogP contribution in [0.3, 0.4) is 0 Å². The van der Waals surface area contributed by atoms with Gasteiger partial charge in [-0.25, -0.2) is 0 Å². The summed E-state index contributed by atoms with van der Waals surface area (Å²) in [5.74, 6) is 8.01. The van der Waals surface area contributed by atoms with Crippen LogP contribution in [0.4, 0.5) is 0 Å². The number of unbranched alkanes of at least 4 members (excludes halogenated alkanes) is 2. The van der Waals surface area contributed by atoms with Gasteiger partial charge in [-0.05, 0) is 127 Å². The lowest BCUT2D eigenvalue weighted by Gasteiger charge is -2.29. The number of nitrogens with two attached hydrogens (primary N) is 2. The van der Waals surface area contributed by atoms with E-state index in [0.717, 1.165) is 84.9 Å². The summed E-state index contributed by atoms with van der Waals surface area (Å²) in [4.78, 5) is 30.9. The molecule has 6 unspecified atom stereocenters. The molecular weight excluding hydrogens is 867 g/mol. The number of fused-ring (bicyclic) bond motifs is 9. The Bertz CT molecular complexity index is 2420. The van der Waals surface area contributed by atoms with Crippen LogP contribution >= 0.6 is 21.6 Å². The maximum atomic E-state index is 14.2. The Balaban J connectivity index is 1.24. The van der Waals surface area contributed by atoms with Crippen LogP contribution in [-0.4, -0.2) is 61.5 Å². The molecule has 3 aliphatic rings. The average Bonchev–Trinajstić information content (AvgIpc) is 3.89. The number of aromatic nitrogens is 1. The number of phenolic OH excluding ortho intramolecular Hbond substituents is 2. The van der Waals surface area contributed by atoms with Crippen molar-refractivity contribution in [1.82, 2.24) is 4.98 Å². The number of carbonyl (C=O) groups is 2. The minimum absolute atomic E-state index is 0.000778. The summed E-state index contributed by atoms with van der Waals surface area (Å²) in [6.07, 6.45) is 13.7. The van der Waals surface area contributed by atoms with E-state index >= 15 is 0 Å².